The number of nitrogens with two attached hydrogens (primary N) is 1. The second-order valence-electron chi connectivity index (χ2n) is 6.17. The van der Waals surface area contributed by atoms with Gasteiger partial charge in [-0.1, -0.05) is 72.8 Å². The third-order valence-electron chi connectivity index (χ3n) is 4.26. The van der Waals surface area contributed by atoms with E-state index in [1.54, 1.807) is 24.3 Å². The topological polar surface area (TPSA) is 64.4 Å². The molecule has 0 saturated heterocycles. The summed E-state index contributed by atoms with van der Waals surface area (Å²) >= 11 is 0. The average Bonchev–Trinajstić information content (AvgIpc) is 2.70. The Balaban J connectivity index is 1.89. The maximum absolute atomic E-state index is 13.5. The van der Waals surface area contributed by atoms with Crippen LogP contribution in [0.3, 0.4) is 0 Å². The number of benzene rings is 3. The van der Waals surface area contributed by atoms with Crippen LogP contribution in [0.1, 0.15) is 16.7 Å². The fourth-order valence-corrected chi connectivity index (χ4v) is 2.85. The van der Waals surface area contributed by atoms with E-state index in [1.807, 2.05) is 48.5 Å². The zero-order valence-electron chi connectivity index (χ0n) is 14.8. The predicted molar refractivity (Wildman–Crippen MR) is 102 cm³/mol. The van der Waals surface area contributed by atoms with Crippen LogP contribution in [-0.2, 0) is 28.4 Å². The van der Waals surface area contributed by atoms with Gasteiger partial charge >= 0.3 is 0 Å². The first-order valence-corrected chi connectivity index (χ1v) is 8.63. The lowest BCUT2D eigenvalue weighted by Gasteiger charge is -2.32. The largest absolute Gasteiger partial charge is 0.366 e. The van der Waals surface area contributed by atoms with Gasteiger partial charge in [0.05, 0.1) is 6.61 Å². The van der Waals surface area contributed by atoms with Crippen LogP contribution < -0.4 is 11.1 Å². The first-order valence-electron chi connectivity index (χ1n) is 8.63. The fourth-order valence-electron chi connectivity index (χ4n) is 2.85. The normalized spacial score (nSPS) is 13.1. The van der Waals surface area contributed by atoms with Crippen molar-refractivity contribution in [2.24, 2.45) is 5.73 Å². The molecular formula is C22H21FN2O2. The summed E-state index contributed by atoms with van der Waals surface area (Å²) in [6.07, 6.45) is 0. The molecular weight excluding hydrogens is 343 g/mol. The van der Waals surface area contributed by atoms with Gasteiger partial charge in [0.2, 0.25) is 5.72 Å². The molecule has 0 spiro atoms. The highest BCUT2D eigenvalue weighted by atomic mass is 19.1. The van der Waals surface area contributed by atoms with Crippen molar-refractivity contribution in [1.82, 2.24) is 5.32 Å². The molecule has 1 unspecified atom stereocenters. The summed E-state index contributed by atoms with van der Waals surface area (Å²) in [4.78, 5) is 12.5. The minimum absolute atomic E-state index is 0.0252. The van der Waals surface area contributed by atoms with Crippen LogP contribution in [0.15, 0.2) is 84.9 Å². The molecule has 1 amide bonds. The van der Waals surface area contributed by atoms with Crippen molar-refractivity contribution in [2.75, 3.05) is 0 Å². The molecule has 3 aromatic rings. The van der Waals surface area contributed by atoms with Gasteiger partial charge in [-0.05, 0) is 23.3 Å². The molecule has 0 aliphatic rings. The quantitative estimate of drug-likeness (QED) is 0.602. The fraction of sp³-hybridized carbons (Fsp3) is 0.136. The van der Waals surface area contributed by atoms with E-state index in [0.29, 0.717) is 17.7 Å². The first kappa shape index (κ1) is 18.8. The Morgan fingerprint density at radius 1 is 0.926 bits per heavy atom. The van der Waals surface area contributed by atoms with Crippen LogP contribution in [0.2, 0.25) is 0 Å². The molecule has 0 aliphatic carbocycles. The maximum Gasteiger partial charge on any atom is 0.269 e. The van der Waals surface area contributed by atoms with E-state index in [9.17, 15) is 9.18 Å². The lowest BCUT2D eigenvalue weighted by molar-refractivity contribution is -0.154. The smallest absolute Gasteiger partial charge is 0.269 e. The zero-order chi connectivity index (χ0) is 19.1. The van der Waals surface area contributed by atoms with Gasteiger partial charge in [-0.15, -0.1) is 0 Å². The van der Waals surface area contributed by atoms with E-state index >= 15 is 0 Å². The van der Waals surface area contributed by atoms with Gasteiger partial charge in [-0.2, -0.15) is 0 Å². The van der Waals surface area contributed by atoms with Crippen molar-refractivity contribution < 1.29 is 13.9 Å². The molecule has 0 radical (unpaired) electrons. The summed E-state index contributed by atoms with van der Waals surface area (Å²) in [6.45, 7) is 0.402. The molecule has 1 atom stereocenters. The minimum Gasteiger partial charge on any atom is -0.366 e. The highest BCUT2D eigenvalue weighted by Gasteiger charge is 2.39. The van der Waals surface area contributed by atoms with Crippen LogP contribution >= 0.6 is 0 Å². The summed E-state index contributed by atoms with van der Waals surface area (Å²) in [7, 11) is 0. The lowest BCUT2D eigenvalue weighted by Crippen LogP contribution is -2.54. The highest BCUT2D eigenvalue weighted by molar-refractivity contribution is 5.84. The standard InChI is InChI=1S/C22H21FN2O2/c23-20-13-7-10-18(14-20)16-27-22(21(24)26,19-11-5-2-6-12-19)25-15-17-8-3-1-4-9-17/h1-14,25H,15-16H2,(H2,24,26). The number of halogens is 1. The third kappa shape index (κ3) is 4.58. The Kier molecular flexibility index (Phi) is 5.96. The van der Waals surface area contributed by atoms with Crippen LogP contribution in [0.25, 0.3) is 0 Å². The van der Waals surface area contributed by atoms with E-state index in [1.165, 1.54) is 12.1 Å². The average molecular weight is 364 g/mol. The summed E-state index contributed by atoms with van der Waals surface area (Å²) in [5, 5.41) is 3.16. The molecule has 0 heterocycles. The number of hydrogen-bond donors (Lipinski definition) is 2. The molecule has 0 aromatic heterocycles. The molecule has 0 saturated carbocycles. The van der Waals surface area contributed by atoms with Crippen molar-refractivity contribution in [3.05, 3.63) is 107 Å². The Morgan fingerprint density at radius 3 is 2.19 bits per heavy atom. The molecule has 138 valence electrons. The zero-order valence-corrected chi connectivity index (χ0v) is 14.8. The van der Waals surface area contributed by atoms with Crippen molar-refractivity contribution >= 4 is 5.91 Å². The van der Waals surface area contributed by atoms with Gasteiger partial charge in [0, 0.05) is 12.1 Å². The number of hydrogen-bond acceptors (Lipinski definition) is 3. The number of primary amides is 1. The van der Waals surface area contributed by atoms with Gasteiger partial charge in [-0.3, -0.25) is 10.1 Å². The molecule has 5 heteroatoms. The van der Waals surface area contributed by atoms with Crippen LogP contribution in [0.4, 0.5) is 4.39 Å². The third-order valence-corrected chi connectivity index (χ3v) is 4.26. The van der Waals surface area contributed by atoms with Crippen LogP contribution in [-0.4, -0.2) is 5.91 Å². The Labute approximate surface area is 157 Å². The van der Waals surface area contributed by atoms with Crippen molar-refractivity contribution in [3.8, 4) is 0 Å². The second kappa shape index (κ2) is 8.58. The first-order chi connectivity index (χ1) is 13.1. The van der Waals surface area contributed by atoms with Crippen LogP contribution in [0, 0.1) is 5.82 Å². The molecule has 27 heavy (non-hydrogen) atoms. The number of ether oxygens (including phenoxy) is 1. The Bertz CT molecular complexity index is 887. The number of nitrogens with one attached hydrogen (secondary N) is 1. The van der Waals surface area contributed by atoms with Crippen LogP contribution in [0.5, 0.6) is 0 Å². The van der Waals surface area contributed by atoms with E-state index < -0.39 is 11.6 Å². The number of rotatable bonds is 8. The number of carbonyl (C=O) groups is 1. The summed E-state index contributed by atoms with van der Waals surface area (Å²) in [5.41, 5.74) is 6.40. The summed E-state index contributed by atoms with van der Waals surface area (Å²) in [6, 6.07) is 24.7. The Morgan fingerprint density at radius 2 is 1.56 bits per heavy atom. The van der Waals surface area contributed by atoms with E-state index in [-0.39, 0.29) is 12.4 Å². The monoisotopic (exact) mass is 364 g/mol. The summed E-state index contributed by atoms with van der Waals surface area (Å²) < 4.78 is 19.5. The second-order valence-corrected chi connectivity index (χ2v) is 6.17. The molecule has 3 aromatic carbocycles. The molecule has 3 rings (SSSR count). The number of carbonyl (C=O) groups excluding carboxylic acids is 1. The van der Waals surface area contributed by atoms with E-state index in [2.05, 4.69) is 5.32 Å². The van der Waals surface area contributed by atoms with Gasteiger partial charge in [-0.25, -0.2) is 4.39 Å². The maximum atomic E-state index is 13.5. The summed E-state index contributed by atoms with van der Waals surface area (Å²) in [5.74, 6) is -1.03. The minimum atomic E-state index is -1.54. The predicted octanol–water partition coefficient (Wildman–Crippen LogP) is 3.47. The molecule has 0 fully saturated rings. The van der Waals surface area contributed by atoms with Gasteiger partial charge in [0.1, 0.15) is 5.82 Å². The van der Waals surface area contributed by atoms with Gasteiger partial charge in [0.15, 0.2) is 0 Å². The molecule has 3 N–H and O–H groups in total. The van der Waals surface area contributed by atoms with Gasteiger partial charge < -0.3 is 10.5 Å². The molecule has 4 nitrogen and oxygen atoms in total. The van der Waals surface area contributed by atoms with Crippen molar-refractivity contribution in [3.63, 3.8) is 0 Å². The van der Waals surface area contributed by atoms with E-state index in [0.717, 1.165) is 5.56 Å². The Hall–Kier alpha value is -3.02. The van der Waals surface area contributed by atoms with Crippen molar-refractivity contribution in [1.29, 1.82) is 0 Å². The van der Waals surface area contributed by atoms with Gasteiger partial charge in [0.25, 0.3) is 5.91 Å². The lowest BCUT2D eigenvalue weighted by atomic mass is 10.0. The van der Waals surface area contributed by atoms with Crippen molar-refractivity contribution in [2.45, 2.75) is 18.9 Å². The SMILES string of the molecule is NC(=O)C(NCc1ccccc1)(OCc1cccc(F)c1)c1ccccc1. The highest BCUT2D eigenvalue weighted by Crippen LogP contribution is 2.25. The molecule has 0 bridgehead atoms. The van der Waals surface area contributed by atoms with E-state index in [4.69, 9.17) is 10.5 Å². The number of amides is 1. The molecule has 0 aliphatic heterocycles.